The van der Waals surface area contributed by atoms with Crippen LogP contribution in [0.3, 0.4) is 0 Å². The van der Waals surface area contributed by atoms with Crippen LogP contribution in [0, 0.1) is 0 Å². The Bertz CT molecular complexity index is 492. The fraction of sp³-hybridized carbons (Fsp3) is 0.583. The Balaban J connectivity index is 1.78. The Kier molecular flexibility index (Phi) is 2.57. The molecule has 1 saturated heterocycles. The van der Waals surface area contributed by atoms with Gasteiger partial charge in [0.2, 0.25) is 5.91 Å². The minimum absolute atomic E-state index is 0.136. The van der Waals surface area contributed by atoms with Gasteiger partial charge in [0.1, 0.15) is 6.04 Å². The molecule has 2 amide bonds. The Hall–Kier alpha value is -1.85. The number of nitrogens with two attached hydrogens (primary N) is 1. The fourth-order valence-corrected chi connectivity index (χ4v) is 2.46. The molecule has 0 unspecified atom stereocenters. The van der Waals surface area contributed by atoms with Crippen LogP contribution in [-0.2, 0) is 4.79 Å². The first-order chi connectivity index (χ1) is 8.66. The molecule has 1 atom stereocenters. The second-order valence-corrected chi connectivity index (χ2v) is 5.00. The zero-order valence-corrected chi connectivity index (χ0v) is 10.1. The standard InChI is InChI=1S/C12H16N4O2/c13-11(17)10-2-1-5-15(10)12(18)8-6-14-16(7-8)9-3-4-9/h6-7,9-10H,1-5H2,(H2,13,17)/t10-/m1/s1. The summed E-state index contributed by atoms with van der Waals surface area (Å²) >= 11 is 0. The van der Waals surface area contributed by atoms with Crippen LogP contribution < -0.4 is 5.73 Å². The zero-order valence-electron chi connectivity index (χ0n) is 10.1. The van der Waals surface area contributed by atoms with Crippen molar-refractivity contribution in [1.82, 2.24) is 14.7 Å². The highest BCUT2D eigenvalue weighted by Gasteiger charge is 2.34. The van der Waals surface area contributed by atoms with Crippen molar-refractivity contribution in [3.05, 3.63) is 18.0 Å². The topological polar surface area (TPSA) is 81.2 Å². The lowest BCUT2D eigenvalue weighted by molar-refractivity contribution is -0.121. The maximum absolute atomic E-state index is 12.3. The lowest BCUT2D eigenvalue weighted by atomic mass is 10.2. The van der Waals surface area contributed by atoms with Crippen LogP contribution in [0.1, 0.15) is 42.1 Å². The van der Waals surface area contributed by atoms with Crippen molar-refractivity contribution in [2.75, 3.05) is 6.54 Å². The summed E-state index contributed by atoms with van der Waals surface area (Å²) in [7, 11) is 0. The van der Waals surface area contributed by atoms with Gasteiger partial charge in [0.05, 0.1) is 17.8 Å². The molecule has 2 fully saturated rings. The largest absolute Gasteiger partial charge is 0.368 e. The summed E-state index contributed by atoms with van der Waals surface area (Å²) in [5.41, 5.74) is 5.86. The molecular formula is C12H16N4O2. The highest BCUT2D eigenvalue weighted by molar-refractivity contribution is 5.97. The third-order valence-electron chi connectivity index (χ3n) is 3.61. The van der Waals surface area contributed by atoms with Crippen LogP contribution in [-0.4, -0.2) is 39.1 Å². The Morgan fingerprint density at radius 2 is 2.11 bits per heavy atom. The first kappa shape index (κ1) is 11.3. The van der Waals surface area contributed by atoms with Gasteiger partial charge in [-0.25, -0.2) is 0 Å². The van der Waals surface area contributed by atoms with Gasteiger partial charge < -0.3 is 10.6 Å². The fourth-order valence-electron chi connectivity index (χ4n) is 2.46. The van der Waals surface area contributed by atoms with E-state index in [9.17, 15) is 9.59 Å². The predicted molar refractivity (Wildman–Crippen MR) is 63.8 cm³/mol. The molecule has 0 bridgehead atoms. The molecule has 1 saturated carbocycles. The second-order valence-electron chi connectivity index (χ2n) is 5.00. The lowest BCUT2D eigenvalue weighted by Crippen LogP contribution is -2.43. The number of nitrogens with zero attached hydrogens (tertiary/aromatic N) is 3. The molecule has 96 valence electrons. The maximum Gasteiger partial charge on any atom is 0.257 e. The summed E-state index contributed by atoms with van der Waals surface area (Å²) in [6.45, 7) is 0.598. The van der Waals surface area contributed by atoms with Crippen LogP contribution in [0.5, 0.6) is 0 Å². The number of aromatic nitrogens is 2. The Labute approximate surface area is 105 Å². The molecule has 6 heteroatoms. The monoisotopic (exact) mass is 248 g/mol. The molecule has 0 spiro atoms. The van der Waals surface area contributed by atoms with Crippen LogP contribution in [0.25, 0.3) is 0 Å². The number of carbonyl (C=O) groups excluding carboxylic acids is 2. The van der Waals surface area contributed by atoms with Gasteiger partial charge >= 0.3 is 0 Å². The van der Waals surface area contributed by atoms with Gasteiger partial charge in [0, 0.05) is 12.7 Å². The molecule has 2 aliphatic rings. The molecule has 1 aliphatic heterocycles. The summed E-state index contributed by atoms with van der Waals surface area (Å²) < 4.78 is 1.84. The summed E-state index contributed by atoms with van der Waals surface area (Å²) in [6, 6.07) is -0.00107. The van der Waals surface area contributed by atoms with Gasteiger partial charge in [0.25, 0.3) is 5.91 Å². The van der Waals surface area contributed by atoms with Crippen LogP contribution in [0.15, 0.2) is 12.4 Å². The van der Waals surface area contributed by atoms with Crippen LogP contribution >= 0.6 is 0 Å². The molecule has 1 aromatic rings. The maximum atomic E-state index is 12.3. The average molecular weight is 248 g/mol. The number of primary amides is 1. The SMILES string of the molecule is NC(=O)[C@H]1CCCN1C(=O)c1cnn(C2CC2)c1. The Morgan fingerprint density at radius 3 is 2.78 bits per heavy atom. The van der Waals surface area contributed by atoms with Crippen molar-refractivity contribution in [3.63, 3.8) is 0 Å². The molecule has 1 aromatic heterocycles. The molecule has 1 aliphatic carbocycles. The van der Waals surface area contributed by atoms with Gasteiger partial charge in [0.15, 0.2) is 0 Å². The zero-order chi connectivity index (χ0) is 12.7. The summed E-state index contributed by atoms with van der Waals surface area (Å²) in [5, 5.41) is 4.19. The molecule has 2 heterocycles. The van der Waals surface area contributed by atoms with Gasteiger partial charge in [-0.15, -0.1) is 0 Å². The molecule has 3 rings (SSSR count). The highest BCUT2D eigenvalue weighted by atomic mass is 16.2. The molecule has 6 nitrogen and oxygen atoms in total. The molecule has 0 aromatic carbocycles. The molecule has 2 N–H and O–H groups in total. The smallest absolute Gasteiger partial charge is 0.257 e. The van der Waals surface area contributed by atoms with E-state index in [4.69, 9.17) is 5.73 Å². The van der Waals surface area contributed by atoms with E-state index in [1.165, 1.54) is 0 Å². The van der Waals surface area contributed by atoms with E-state index in [0.717, 1.165) is 19.3 Å². The van der Waals surface area contributed by atoms with Crippen molar-refractivity contribution >= 4 is 11.8 Å². The first-order valence-corrected chi connectivity index (χ1v) is 6.31. The van der Waals surface area contributed by atoms with Crippen molar-refractivity contribution in [1.29, 1.82) is 0 Å². The number of hydrogen-bond donors (Lipinski definition) is 1. The molecular weight excluding hydrogens is 232 g/mol. The number of carbonyl (C=O) groups is 2. The first-order valence-electron chi connectivity index (χ1n) is 6.31. The third kappa shape index (κ3) is 1.87. The van der Waals surface area contributed by atoms with Crippen LogP contribution in [0.2, 0.25) is 0 Å². The predicted octanol–water partition coefficient (Wildman–Crippen LogP) is 0.308. The number of amides is 2. The summed E-state index contributed by atoms with van der Waals surface area (Å²) in [6.07, 6.45) is 7.10. The van der Waals surface area contributed by atoms with E-state index in [2.05, 4.69) is 5.10 Å². The Morgan fingerprint density at radius 1 is 1.33 bits per heavy atom. The minimum atomic E-state index is -0.457. The van der Waals surface area contributed by atoms with Crippen molar-refractivity contribution in [2.45, 2.75) is 37.8 Å². The van der Waals surface area contributed by atoms with E-state index in [-0.39, 0.29) is 5.91 Å². The van der Waals surface area contributed by atoms with Crippen LogP contribution in [0.4, 0.5) is 0 Å². The molecule has 18 heavy (non-hydrogen) atoms. The third-order valence-corrected chi connectivity index (χ3v) is 3.61. The van der Waals surface area contributed by atoms with Crippen molar-refractivity contribution in [2.24, 2.45) is 5.73 Å². The van der Waals surface area contributed by atoms with E-state index >= 15 is 0 Å². The summed E-state index contributed by atoms with van der Waals surface area (Å²) in [4.78, 5) is 25.1. The minimum Gasteiger partial charge on any atom is -0.368 e. The summed E-state index contributed by atoms with van der Waals surface area (Å²) in [5.74, 6) is -0.557. The number of likely N-dealkylation sites (tertiary alicyclic amines) is 1. The van der Waals surface area contributed by atoms with Gasteiger partial charge in [-0.3, -0.25) is 14.3 Å². The van der Waals surface area contributed by atoms with E-state index in [0.29, 0.717) is 24.6 Å². The van der Waals surface area contributed by atoms with Crippen molar-refractivity contribution < 1.29 is 9.59 Å². The molecule has 0 radical (unpaired) electrons. The number of rotatable bonds is 3. The average Bonchev–Trinajstić information content (AvgIpc) is 2.92. The second kappa shape index (κ2) is 4.12. The van der Waals surface area contributed by atoms with Crippen molar-refractivity contribution in [3.8, 4) is 0 Å². The van der Waals surface area contributed by atoms with E-state index < -0.39 is 11.9 Å². The quantitative estimate of drug-likeness (QED) is 0.835. The van der Waals surface area contributed by atoms with Gasteiger partial charge in [-0.1, -0.05) is 0 Å². The van der Waals surface area contributed by atoms with E-state index in [1.807, 2.05) is 4.68 Å². The highest BCUT2D eigenvalue weighted by Crippen LogP contribution is 2.34. The lowest BCUT2D eigenvalue weighted by Gasteiger charge is -2.21. The normalized spacial score (nSPS) is 23.3. The van der Waals surface area contributed by atoms with Gasteiger partial charge in [-0.05, 0) is 25.7 Å². The number of hydrogen-bond acceptors (Lipinski definition) is 3. The van der Waals surface area contributed by atoms with E-state index in [1.54, 1.807) is 17.3 Å². The van der Waals surface area contributed by atoms with Gasteiger partial charge in [-0.2, -0.15) is 5.10 Å².